The predicted octanol–water partition coefficient (Wildman–Crippen LogP) is 2.33. The molecule has 2 nitrogen and oxygen atoms in total. The first-order chi connectivity index (χ1) is 6.42. The van der Waals surface area contributed by atoms with Crippen molar-refractivity contribution in [3.05, 3.63) is 35.2 Å². The van der Waals surface area contributed by atoms with E-state index in [4.69, 9.17) is 5.90 Å². The van der Waals surface area contributed by atoms with E-state index in [0.717, 1.165) is 6.42 Å². The average molecular weight is 193 g/mol. The van der Waals surface area contributed by atoms with Crippen LogP contribution < -0.4 is 5.90 Å². The molecule has 0 saturated heterocycles. The average Bonchev–Trinajstić information content (AvgIpc) is 2.58. The third kappa shape index (κ3) is 1.72. The van der Waals surface area contributed by atoms with Crippen LogP contribution >= 0.6 is 11.3 Å². The first-order valence-corrected chi connectivity index (χ1v) is 5.06. The fourth-order valence-corrected chi connectivity index (χ4v) is 2.39. The SMILES string of the molecule is NOCCc1csc2ccccc12. The van der Waals surface area contributed by atoms with Crippen LogP contribution in [0.2, 0.25) is 0 Å². The molecular formula is C10H11NOS. The molecule has 0 aliphatic rings. The van der Waals surface area contributed by atoms with Crippen molar-refractivity contribution in [1.82, 2.24) is 0 Å². The normalized spacial score (nSPS) is 10.8. The van der Waals surface area contributed by atoms with E-state index in [2.05, 4.69) is 34.5 Å². The molecule has 0 amide bonds. The number of rotatable bonds is 3. The molecule has 68 valence electrons. The quantitative estimate of drug-likeness (QED) is 0.759. The number of nitrogens with two attached hydrogens (primary N) is 1. The van der Waals surface area contributed by atoms with Gasteiger partial charge < -0.3 is 4.84 Å². The fraction of sp³-hybridized carbons (Fsp3) is 0.200. The van der Waals surface area contributed by atoms with E-state index in [1.807, 2.05) is 0 Å². The Morgan fingerprint density at radius 2 is 2.15 bits per heavy atom. The number of fused-ring (bicyclic) bond motifs is 1. The van der Waals surface area contributed by atoms with Crippen LogP contribution in [0.25, 0.3) is 10.1 Å². The van der Waals surface area contributed by atoms with Crippen LogP contribution in [0.3, 0.4) is 0 Å². The highest BCUT2D eigenvalue weighted by Crippen LogP contribution is 2.25. The molecule has 3 heteroatoms. The second kappa shape index (κ2) is 3.87. The van der Waals surface area contributed by atoms with Gasteiger partial charge in [0, 0.05) is 4.70 Å². The van der Waals surface area contributed by atoms with Gasteiger partial charge in [0.25, 0.3) is 0 Å². The smallest absolute Gasteiger partial charge is 0.0720 e. The molecular weight excluding hydrogens is 182 g/mol. The zero-order valence-electron chi connectivity index (χ0n) is 7.19. The van der Waals surface area contributed by atoms with Crippen LogP contribution in [0.4, 0.5) is 0 Å². The minimum Gasteiger partial charge on any atom is -0.304 e. The van der Waals surface area contributed by atoms with E-state index < -0.39 is 0 Å². The summed E-state index contributed by atoms with van der Waals surface area (Å²) in [7, 11) is 0. The van der Waals surface area contributed by atoms with Gasteiger partial charge in [-0.1, -0.05) is 18.2 Å². The molecule has 1 heterocycles. The van der Waals surface area contributed by atoms with Gasteiger partial charge in [-0.3, -0.25) is 0 Å². The number of hydrogen-bond acceptors (Lipinski definition) is 3. The van der Waals surface area contributed by atoms with Crippen molar-refractivity contribution in [2.75, 3.05) is 6.61 Å². The summed E-state index contributed by atoms with van der Waals surface area (Å²) in [6.07, 6.45) is 0.889. The molecule has 0 saturated carbocycles. The Balaban J connectivity index is 2.35. The topological polar surface area (TPSA) is 35.2 Å². The highest BCUT2D eigenvalue weighted by atomic mass is 32.1. The summed E-state index contributed by atoms with van der Waals surface area (Å²) < 4.78 is 1.33. The minimum absolute atomic E-state index is 0.584. The third-order valence-corrected chi connectivity index (χ3v) is 3.06. The monoisotopic (exact) mass is 193 g/mol. The number of hydrogen-bond donors (Lipinski definition) is 1. The van der Waals surface area contributed by atoms with E-state index in [1.54, 1.807) is 11.3 Å². The van der Waals surface area contributed by atoms with Crippen LogP contribution in [0.1, 0.15) is 5.56 Å². The molecule has 0 fully saturated rings. The predicted molar refractivity (Wildman–Crippen MR) is 55.7 cm³/mol. The summed E-state index contributed by atoms with van der Waals surface area (Å²) in [5.74, 6) is 4.99. The molecule has 1 aromatic carbocycles. The Kier molecular flexibility index (Phi) is 2.59. The van der Waals surface area contributed by atoms with Crippen LogP contribution in [-0.2, 0) is 11.3 Å². The lowest BCUT2D eigenvalue weighted by Gasteiger charge is -1.96. The third-order valence-electron chi connectivity index (χ3n) is 2.05. The Hall–Kier alpha value is -0.900. The lowest BCUT2D eigenvalue weighted by Crippen LogP contribution is -2.02. The fourth-order valence-electron chi connectivity index (χ4n) is 1.40. The molecule has 13 heavy (non-hydrogen) atoms. The number of benzene rings is 1. The molecule has 2 N–H and O–H groups in total. The Bertz CT molecular complexity index is 396. The van der Waals surface area contributed by atoms with Crippen molar-refractivity contribution < 1.29 is 4.84 Å². The molecule has 0 aliphatic carbocycles. The van der Waals surface area contributed by atoms with Gasteiger partial charge in [-0.25, -0.2) is 5.90 Å². The molecule has 0 atom stereocenters. The zero-order chi connectivity index (χ0) is 9.10. The lowest BCUT2D eigenvalue weighted by molar-refractivity contribution is 0.141. The van der Waals surface area contributed by atoms with Gasteiger partial charge in [0.15, 0.2) is 0 Å². The maximum absolute atomic E-state index is 4.99. The minimum atomic E-state index is 0.584. The largest absolute Gasteiger partial charge is 0.304 e. The van der Waals surface area contributed by atoms with Crippen molar-refractivity contribution >= 4 is 21.4 Å². The van der Waals surface area contributed by atoms with Crippen LogP contribution in [0.5, 0.6) is 0 Å². The van der Waals surface area contributed by atoms with Gasteiger partial charge in [-0.05, 0) is 28.8 Å². The van der Waals surface area contributed by atoms with Crippen LogP contribution in [0.15, 0.2) is 29.6 Å². The summed E-state index contributed by atoms with van der Waals surface area (Å²) in [5.41, 5.74) is 1.33. The van der Waals surface area contributed by atoms with E-state index in [0.29, 0.717) is 6.61 Å². The molecule has 0 spiro atoms. The first-order valence-electron chi connectivity index (χ1n) is 4.18. The maximum Gasteiger partial charge on any atom is 0.0720 e. The molecule has 2 aromatic rings. The first kappa shape index (κ1) is 8.69. The van der Waals surface area contributed by atoms with Crippen LogP contribution in [0, 0.1) is 0 Å². The van der Waals surface area contributed by atoms with E-state index >= 15 is 0 Å². The highest BCUT2D eigenvalue weighted by Gasteiger charge is 2.01. The van der Waals surface area contributed by atoms with Crippen molar-refractivity contribution in [2.24, 2.45) is 5.90 Å². The summed E-state index contributed by atoms with van der Waals surface area (Å²) in [6.45, 7) is 0.584. The van der Waals surface area contributed by atoms with Gasteiger partial charge in [-0.15, -0.1) is 11.3 Å². The van der Waals surface area contributed by atoms with Gasteiger partial charge in [0.2, 0.25) is 0 Å². The Morgan fingerprint density at radius 1 is 1.31 bits per heavy atom. The second-order valence-corrected chi connectivity index (χ2v) is 3.79. The molecule has 0 unspecified atom stereocenters. The second-order valence-electron chi connectivity index (χ2n) is 2.88. The van der Waals surface area contributed by atoms with Crippen molar-refractivity contribution in [1.29, 1.82) is 0 Å². The summed E-state index contributed by atoms with van der Waals surface area (Å²) in [6, 6.07) is 8.38. The Morgan fingerprint density at radius 3 is 3.00 bits per heavy atom. The van der Waals surface area contributed by atoms with Crippen molar-refractivity contribution in [3.63, 3.8) is 0 Å². The molecule has 2 rings (SSSR count). The van der Waals surface area contributed by atoms with E-state index in [1.165, 1.54) is 15.6 Å². The molecule has 0 radical (unpaired) electrons. The van der Waals surface area contributed by atoms with Crippen LogP contribution in [-0.4, -0.2) is 6.61 Å². The standard InChI is InChI=1S/C10H11NOS/c11-12-6-5-8-7-13-10-4-2-1-3-9(8)10/h1-4,7H,5-6,11H2. The molecule has 1 aromatic heterocycles. The van der Waals surface area contributed by atoms with Crippen molar-refractivity contribution in [3.8, 4) is 0 Å². The van der Waals surface area contributed by atoms with E-state index in [-0.39, 0.29) is 0 Å². The maximum atomic E-state index is 4.99. The summed E-state index contributed by atoms with van der Waals surface area (Å²) >= 11 is 1.77. The van der Waals surface area contributed by atoms with Gasteiger partial charge in [-0.2, -0.15) is 0 Å². The molecule has 0 aliphatic heterocycles. The molecule has 0 bridgehead atoms. The Labute approximate surface area is 80.9 Å². The zero-order valence-corrected chi connectivity index (χ0v) is 8.01. The number of thiophene rings is 1. The highest BCUT2D eigenvalue weighted by molar-refractivity contribution is 7.17. The van der Waals surface area contributed by atoms with Gasteiger partial charge >= 0.3 is 0 Å². The van der Waals surface area contributed by atoms with Gasteiger partial charge in [0.1, 0.15) is 0 Å². The van der Waals surface area contributed by atoms with Crippen molar-refractivity contribution in [2.45, 2.75) is 6.42 Å². The van der Waals surface area contributed by atoms with Gasteiger partial charge in [0.05, 0.1) is 6.61 Å². The summed E-state index contributed by atoms with van der Waals surface area (Å²) in [4.78, 5) is 4.57. The lowest BCUT2D eigenvalue weighted by atomic mass is 10.1. The summed E-state index contributed by atoms with van der Waals surface area (Å²) in [5, 5.41) is 3.49. The van der Waals surface area contributed by atoms with E-state index in [9.17, 15) is 0 Å².